The summed E-state index contributed by atoms with van der Waals surface area (Å²) in [4.78, 5) is 6.27. The molecule has 18 heavy (non-hydrogen) atoms. The van der Waals surface area contributed by atoms with E-state index < -0.39 is 6.29 Å². The highest BCUT2D eigenvalue weighted by molar-refractivity contribution is 5.18. The van der Waals surface area contributed by atoms with Crippen molar-refractivity contribution in [1.29, 1.82) is 0 Å². The van der Waals surface area contributed by atoms with Gasteiger partial charge in [-0.05, 0) is 6.07 Å². The minimum Gasteiger partial charge on any atom is -0.476 e. The highest BCUT2D eigenvalue weighted by Gasteiger charge is 2.10. The highest BCUT2D eigenvalue weighted by Crippen LogP contribution is 2.12. The lowest BCUT2D eigenvalue weighted by Gasteiger charge is -2.26. The van der Waals surface area contributed by atoms with Crippen molar-refractivity contribution >= 4 is 0 Å². The van der Waals surface area contributed by atoms with Crippen molar-refractivity contribution in [1.82, 2.24) is 9.88 Å². The summed E-state index contributed by atoms with van der Waals surface area (Å²) < 4.78 is 10.7. The Kier molecular flexibility index (Phi) is 4.89. The first-order valence-corrected chi connectivity index (χ1v) is 6.01. The normalized spacial score (nSPS) is 17.1. The molecule has 1 aromatic rings. The van der Waals surface area contributed by atoms with Gasteiger partial charge in [0.15, 0.2) is 6.29 Å². The van der Waals surface area contributed by atoms with E-state index >= 15 is 0 Å². The number of hydrogen-bond acceptors (Lipinski definition) is 6. The molecule has 0 bridgehead atoms. The van der Waals surface area contributed by atoms with Gasteiger partial charge in [-0.3, -0.25) is 4.90 Å². The number of aliphatic hydroxyl groups excluding tert-OH is 1. The quantitative estimate of drug-likeness (QED) is 0.707. The third-order valence-corrected chi connectivity index (χ3v) is 2.82. The van der Waals surface area contributed by atoms with Crippen LogP contribution in [0.5, 0.6) is 5.88 Å². The minimum atomic E-state index is -1.49. The van der Waals surface area contributed by atoms with Crippen molar-refractivity contribution in [3.63, 3.8) is 0 Å². The molecule has 6 heteroatoms. The van der Waals surface area contributed by atoms with E-state index in [1.807, 2.05) is 0 Å². The van der Waals surface area contributed by atoms with Crippen LogP contribution in [0.4, 0.5) is 0 Å². The first-order chi connectivity index (χ1) is 8.75. The van der Waals surface area contributed by atoms with E-state index in [4.69, 9.17) is 19.7 Å². The van der Waals surface area contributed by atoms with Crippen LogP contribution in [0.15, 0.2) is 18.3 Å². The summed E-state index contributed by atoms with van der Waals surface area (Å²) in [5, 5.41) is 17.8. The summed E-state index contributed by atoms with van der Waals surface area (Å²) in [5.41, 5.74) is 0.357. The fraction of sp³-hybridized carbons (Fsp3) is 0.583. The monoisotopic (exact) mass is 254 g/mol. The molecular formula is C12H18N2O4. The van der Waals surface area contributed by atoms with Gasteiger partial charge < -0.3 is 19.7 Å². The Morgan fingerprint density at radius 3 is 2.72 bits per heavy atom. The molecule has 2 heterocycles. The molecule has 2 rings (SSSR count). The van der Waals surface area contributed by atoms with E-state index in [0.29, 0.717) is 18.1 Å². The Balaban J connectivity index is 1.72. The fourth-order valence-electron chi connectivity index (χ4n) is 1.73. The standard InChI is InChI=1S/C12H18N2O4/c15-12(16)10-1-2-11(13-9-10)18-8-5-14-3-6-17-7-4-14/h1-2,9,12,15-16H,3-8H2. The molecule has 100 valence electrons. The predicted molar refractivity (Wildman–Crippen MR) is 64.2 cm³/mol. The summed E-state index contributed by atoms with van der Waals surface area (Å²) in [7, 11) is 0. The largest absolute Gasteiger partial charge is 0.476 e. The number of hydrogen-bond donors (Lipinski definition) is 2. The zero-order valence-electron chi connectivity index (χ0n) is 10.2. The first-order valence-electron chi connectivity index (χ1n) is 6.01. The fourth-order valence-corrected chi connectivity index (χ4v) is 1.73. The number of nitrogens with zero attached hydrogens (tertiary/aromatic N) is 2. The van der Waals surface area contributed by atoms with E-state index in [2.05, 4.69) is 9.88 Å². The summed E-state index contributed by atoms with van der Waals surface area (Å²) in [6.45, 7) is 4.84. The van der Waals surface area contributed by atoms with Gasteiger partial charge in [0.2, 0.25) is 5.88 Å². The predicted octanol–water partition coefficient (Wildman–Crippen LogP) is -0.224. The van der Waals surface area contributed by atoms with Crippen LogP contribution in [0.3, 0.4) is 0 Å². The van der Waals surface area contributed by atoms with Gasteiger partial charge in [-0.25, -0.2) is 4.98 Å². The zero-order chi connectivity index (χ0) is 12.8. The molecule has 0 saturated carbocycles. The lowest BCUT2D eigenvalue weighted by molar-refractivity contribution is -0.0427. The smallest absolute Gasteiger partial charge is 0.213 e. The molecule has 0 spiro atoms. The second-order valence-corrected chi connectivity index (χ2v) is 4.11. The summed E-state index contributed by atoms with van der Waals surface area (Å²) in [6, 6.07) is 3.22. The van der Waals surface area contributed by atoms with Crippen LogP contribution < -0.4 is 4.74 Å². The molecule has 0 aromatic carbocycles. The zero-order valence-corrected chi connectivity index (χ0v) is 10.2. The minimum absolute atomic E-state index is 0.357. The van der Waals surface area contributed by atoms with Gasteiger partial charge in [0.1, 0.15) is 6.61 Å². The molecule has 1 saturated heterocycles. The molecule has 2 N–H and O–H groups in total. The maximum atomic E-state index is 8.92. The summed E-state index contributed by atoms with van der Waals surface area (Å²) >= 11 is 0. The lowest BCUT2D eigenvalue weighted by atomic mass is 10.3. The topological polar surface area (TPSA) is 75.0 Å². The van der Waals surface area contributed by atoms with Crippen LogP contribution in [-0.2, 0) is 4.74 Å². The average Bonchev–Trinajstić information content (AvgIpc) is 2.40. The Bertz CT molecular complexity index is 350. The van der Waals surface area contributed by atoms with E-state index in [-0.39, 0.29) is 0 Å². The Morgan fingerprint density at radius 2 is 2.11 bits per heavy atom. The van der Waals surface area contributed by atoms with Crippen LogP contribution in [0.25, 0.3) is 0 Å². The summed E-state index contributed by atoms with van der Waals surface area (Å²) in [6.07, 6.45) is -0.0886. The number of aromatic nitrogens is 1. The van der Waals surface area contributed by atoms with Gasteiger partial charge in [-0.1, -0.05) is 0 Å². The molecule has 6 nitrogen and oxygen atoms in total. The molecular weight excluding hydrogens is 236 g/mol. The van der Waals surface area contributed by atoms with Gasteiger partial charge in [0, 0.05) is 37.5 Å². The van der Waals surface area contributed by atoms with Crippen LogP contribution in [0.1, 0.15) is 11.9 Å². The Hall–Kier alpha value is -1.21. The van der Waals surface area contributed by atoms with Crippen LogP contribution >= 0.6 is 0 Å². The number of morpholine rings is 1. The molecule has 0 amide bonds. The van der Waals surface area contributed by atoms with E-state index in [1.54, 1.807) is 12.1 Å². The van der Waals surface area contributed by atoms with Gasteiger partial charge in [0.25, 0.3) is 0 Å². The third kappa shape index (κ3) is 3.92. The van der Waals surface area contributed by atoms with E-state index in [0.717, 1.165) is 32.8 Å². The van der Waals surface area contributed by atoms with Crippen molar-refractivity contribution < 1.29 is 19.7 Å². The Morgan fingerprint density at radius 1 is 1.33 bits per heavy atom. The number of rotatable bonds is 5. The van der Waals surface area contributed by atoms with Gasteiger partial charge >= 0.3 is 0 Å². The molecule has 1 aromatic heterocycles. The van der Waals surface area contributed by atoms with Gasteiger partial charge in [-0.15, -0.1) is 0 Å². The van der Waals surface area contributed by atoms with Crippen molar-refractivity contribution in [2.24, 2.45) is 0 Å². The summed E-state index contributed by atoms with van der Waals surface area (Å²) in [5.74, 6) is 0.493. The van der Waals surface area contributed by atoms with Crippen molar-refractivity contribution in [3.8, 4) is 5.88 Å². The van der Waals surface area contributed by atoms with E-state index in [1.165, 1.54) is 6.20 Å². The van der Waals surface area contributed by atoms with E-state index in [9.17, 15) is 0 Å². The molecule has 1 aliphatic heterocycles. The third-order valence-electron chi connectivity index (χ3n) is 2.82. The molecule has 0 unspecified atom stereocenters. The lowest BCUT2D eigenvalue weighted by Crippen LogP contribution is -2.38. The molecule has 0 radical (unpaired) electrons. The number of aliphatic hydroxyl groups is 2. The average molecular weight is 254 g/mol. The SMILES string of the molecule is OC(O)c1ccc(OCCN2CCOCC2)nc1. The van der Waals surface area contributed by atoms with Crippen molar-refractivity contribution in [3.05, 3.63) is 23.9 Å². The molecule has 1 aliphatic rings. The van der Waals surface area contributed by atoms with Crippen molar-refractivity contribution in [2.45, 2.75) is 6.29 Å². The maximum absolute atomic E-state index is 8.92. The second kappa shape index (κ2) is 6.65. The Labute approximate surface area is 106 Å². The highest BCUT2D eigenvalue weighted by atomic mass is 16.5. The number of ether oxygens (including phenoxy) is 2. The number of pyridine rings is 1. The van der Waals surface area contributed by atoms with Gasteiger partial charge in [-0.2, -0.15) is 0 Å². The van der Waals surface area contributed by atoms with Crippen LogP contribution in [-0.4, -0.2) is 59.6 Å². The van der Waals surface area contributed by atoms with Crippen LogP contribution in [0, 0.1) is 0 Å². The maximum Gasteiger partial charge on any atom is 0.213 e. The molecule has 1 fully saturated rings. The van der Waals surface area contributed by atoms with Crippen LogP contribution in [0.2, 0.25) is 0 Å². The molecule has 0 aliphatic carbocycles. The van der Waals surface area contributed by atoms with Crippen molar-refractivity contribution in [2.75, 3.05) is 39.5 Å². The van der Waals surface area contributed by atoms with Gasteiger partial charge in [0.05, 0.1) is 13.2 Å². The second-order valence-electron chi connectivity index (χ2n) is 4.11. The first kappa shape index (κ1) is 13.2. The molecule has 0 atom stereocenters.